The summed E-state index contributed by atoms with van der Waals surface area (Å²) in [4.78, 5) is 25.8. The molecule has 120 valence electrons. The molecule has 0 spiro atoms. The molecule has 5 nitrogen and oxygen atoms in total. The summed E-state index contributed by atoms with van der Waals surface area (Å²) in [5.41, 5.74) is -1.43. The summed E-state index contributed by atoms with van der Waals surface area (Å²) < 4.78 is 6.25. The Morgan fingerprint density at radius 3 is 2.36 bits per heavy atom. The fourth-order valence-corrected chi connectivity index (χ4v) is 3.02. The molecular weight excluding hydrogens is 350 g/mol. The number of carboxylic acids is 1. The van der Waals surface area contributed by atoms with Crippen molar-refractivity contribution in [3.63, 3.8) is 0 Å². The van der Waals surface area contributed by atoms with Crippen LogP contribution in [-0.2, 0) is 15.1 Å². The summed E-state index contributed by atoms with van der Waals surface area (Å²) in [6.07, 6.45) is 0.417. The molecule has 1 aliphatic rings. The predicted octanol–water partition coefficient (Wildman–Crippen LogP) is 3.76. The second-order valence-corrected chi connectivity index (χ2v) is 7.32. The number of amides is 1. The highest BCUT2D eigenvalue weighted by molar-refractivity contribution is 9.10. The van der Waals surface area contributed by atoms with Crippen LogP contribution in [0.1, 0.15) is 39.2 Å². The van der Waals surface area contributed by atoms with Gasteiger partial charge in [-0.25, -0.2) is 9.59 Å². The first kappa shape index (κ1) is 16.8. The number of aliphatic carboxylic acids is 1. The second-order valence-electron chi connectivity index (χ2n) is 6.41. The Hall–Kier alpha value is -1.56. The van der Waals surface area contributed by atoms with Crippen LogP contribution in [0.2, 0.25) is 0 Å². The summed E-state index contributed by atoms with van der Waals surface area (Å²) in [5.74, 6) is -1.03. The molecule has 1 aliphatic heterocycles. The monoisotopic (exact) mass is 369 g/mol. The van der Waals surface area contributed by atoms with Crippen molar-refractivity contribution in [1.82, 2.24) is 4.90 Å². The van der Waals surface area contributed by atoms with Gasteiger partial charge in [0.1, 0.15) is 5.60 Å². The number of ether oxygens (including phenoxy) is 1. The fourth-order valence-electron chi connectivity index (χ4n) is 2.75. The van der Waals surface area contributed by atoms with Gasteiger partial charge < -0.3 is 9.84 Å². The third-order valence-corrected chi connectivity index (χ3v) is 4.20. The molecule has 1 unspecified atom stereocenters. The standard InChI is InChI=1S/C16H20BrNO4/c1-15(2,3)22-14(21)18-10-4-9-16(18,13(19)20)11-5-7-12(17)8-6-11/h5-8H,4,9-10H2,1-3H3,(H,19,20). The Balaban J connectivity index is 2.42. The highest BCUT2D eigenvalue weighted by Crippen LogP contribution is 2.40. The number of hydrogen-bond donors (Lipinski definition) is 1. The zero-order valence-corrected chi connectivity index (χ0v) is 14.5. The number of halogens is 1. The number of nitrogens with zero attached hydrogens (tertiary/aromatic N) is 1. The Morgan fingerprint density at radius 1 is 1.27 bits per heavy atom. The average molecular weight is 370 g/mol. The highest BCUT2D eigenvalue weighted by Gasteiger charge is 2.52. The minimum absolute atomic E-state index is 0.372. The quantitative estimate of drug-likeness (QED) is 0.861. The van der Waals surface area contributed by atoms with Gasteiger partial charge in [0.05, 0.1) is 0 Å². The number of carbonyl (C=O) groups excluding carboxylic acids is 1. The van der Waals surface area contributed by atoms with Gasteiger partial charge in [-0.05, 0) is 51.3 Å². The lowest BCUT2D eigenvalue weighted by Crippen LogP contribution is -2.52. The van der Waals surface area contributed by atoms with Crippen molar-refractivity contribution in [2.24, 2.45) is 0 Å². The first-order valence-corrected chi connectivity index (χ1v) is 7.96. The van der Waals surface area contributed by atoms with E-state index >= 15 is 0 Å². The van der Waals surface area contributed by atoms with Gasteiger partial charge in [0.15, 0.2) is 5.54 Å². The Kier molecular flexibility index (Phi) is 4.52. The third-order valence-electron chi connectivity index (χ3n) is 3.67. The number of rotatable bonds is 2. The van der Waals surface area contributed by atoms with Crippen LogP contribution in [0.3, 0.4) is 0 Å². The van der Waals surface area contributed by atoms with Gasteiger partial charge in [-0.1, -0.05) is 28.1 Å². The van der Waals surface area contributed by atoms with Crippen molar-refractivity contribution in [2.45, 2.75) is 44.8 Å². The molecule has 0 aliphatic carbocycles. The first-order valence-electron chi connectivity index (χ1n) is 7.17. The van der Waals surface area contributed by atoms with Crippen LogP contribution >= 0.6 is 15.9 Å². The van der Waals surface area contributed by atoms with Gasteiger partial charge in [-0.3, -0.25) is 4.90 Å². The van der Waals surface area contributed by atoms with Crippen LogP contribution in [0.15, 0.2) is 28.7 Å². The van der Waals surface area contributed by atoms with Crippen LogP contribution in [0.4, 0.5) is 4.79 Å². The molecule has 1 aromatic rings. The first-order chi connectivity index (χ1) is 10.2. The lowest BCUT2D eigenvalue weighted by atomic mass is 9.87. The van der Waals surface area contributed by atoms with Crippen molar-refractivity contribution >= 4 is 28.0 Å². The normalized spacial score (nSPS) is 21.7. The molecule has 0 radical (unpaired) electrons. The Morgan fingerprint density at radius 2 is 1.86 bits per heavy atom. The number of hydrogen-bond acceptors (Lipinski definition) is 3. The van der Waals surface area contributed by atoms with E-state index in [9.17, 15) is 14.7 Å². The van der Waals surface area contributed by atoms with Gasteiger partial charge in [0.2, 0.25) is 0 Å². The van der Waals surface area contributed by atoms with E-state index in [1.54, 1.807) is 45.0 Å². The predicted molar refractivity (Wildman–Crippen MR) is 85.6 cm³/mol. The fraction of sp³-hybridized carbons (Fsp3) is 0.500. The third kappa shape index (κ3) is 3.11. The lowest BCUT2D eigenvalue weighted by molar-refractivity contribution is -0.150. The molecule has 1 fully saturated rings. The lowest BCUT2D eigenvalue weighted by Gasteiger charge is -2.36. The summed E-state index contributed by atoms with van der Waals surface area (Å²) >= 11 is 3.34. The smallest absolute Gasteiger partial charge is 0.411 e. The van der Waals surface area contributed by atoms with Gasteiger partial charge in [-0.15, -0.1) is 0 Å². The average Bonchev–Trinajstić information content (AvgIpc) is 2.83. The van der Waals surface area contributed by atoms with Crippen LogP contribution in [-0.4, -0.2) is 34.2 Å². The molecule has 0 saturated carbocycles. The molecule has 0 aromatic heterocycles. The molecule has 2 rings (SSSR count). The van der Waals surface area contributed by atoms with Crippen LogP contribution in [0.5, 0.6) is 0 Å². The largest absolute Gasteiger partial charge is 0.479 e. The Labute approximate surface area is 138 Å². The summed E-state index contributed by atoms with van der Waals surface area (Å²) in [5, 5.41) is 9.84. The second kappa shape index (κ2) is 5.91. The molecule has 1 saturated heterocycles. The molecule has 1 atom stereocenters. The van der Waals surface area contributed by atoms with Crippen LogP contribution in [0, 0.1) is 0 Å². The molecule has 22 heavy (non-hydrogen) atoms. The maximum atomic E-state index is 12.5. The molecular formula is C16H20BrNO4. The molecule has 1 heterocycles. The highest BCUT2D eigenvalue weighted by atomic mass is 79.9. The maximum absolute atomic E-state index is 12.5. The number of carboxylic acid groups (broad SMARTS) is 1. The summed E-state index contributed by atoms with van der Waals surface area (Å²) in [7, 11) is 0. The maximum Gasteiger partial charge on any atom is 0.411 e. The van der Waals surface area contributed by atoms with Gasteiger partial charge >= 0.3 is 12.1 Å². The van der Waals surface area contributed by atoms with Gasteiger partial charge in [0, 0.05) is 11.0 Å². The van der Waals surface area contributed by atoms with Crippen LogP contribution < -0.4 is 0 Å². The van der Waals surface area contributed by atoms with Gasteiger partial charge in [0.25, 0.3) is 0 Å². The van der Waals surface area contributed by atoms with E-state index < -0.39 is 23.2 Å². The zero-order valence-electron chi connectivity index (χ0n) is 12.9. The summed E-state index contributed by atoms with van der Waals surface area (Å²) in [6, 6.07) is 7.04. The van der Waals surface area contributed by atoms with Crippen molar-refractivity contribution < 1.29 is 19.4 Å². The van der Waals surface area contributed by atoms with E-state index in [0.717, 1.165) is 4.47 Å². The number of benzene rings is 1. The van der Waals surface area contributed by atoms with Crippen molar-refractivity contribution in [3.05, 3.63) is 34.3 Å². The number of likely N-dealkylation sites (tertiary alicyclic amines) is 1. The van der Waals surface area contributed by atoms with Crippen LogP contribution in [0.25, 0.3) is 0 Å². The van der Waals surface area contributed by atoms with E-state index in [1.165, 1.54) is 4.90 Å². The van der Waals surface area contributed by atoms with Crippen molar-refractivity contribution in [3.8, 4) is 0 Å². The van der Waals surface area contributed by atoms with Gasteiger partial charge in [-0.2, -0.15) is 0 Å². The minimum Gasteiger partial charge on any atom is -0.479 e. The van der Waals surface area contributed by atoms with E-state index in [2.05, 4.69) is 15.9 Å². The number of carbonyl (C=O) groups is 2. The molecule has 0 bridgehead atoms. The minimum atomic E-state index is -1.36. The van der Waals surface area contributed by atoms with E-state index in [0.29, 0.717) is 24.9 Å². The Bertz CT molecular complexity index is 579. The molecule has 6 heteroatoms. The van der Waals surface area contributed by atoms with Crippen molar-refractivity contribution in [1.29, 1.82) is 0 Å². The SMILES string of the molecule is CC(C)(C)OC(=O)N1CCCC1(C(=O)O)c1ccc(Br)cc1. The zero-order chi connectivity index (χ0) is 16.5. The van der Waals surface area contributed by atoms with E-state index in [-0.39, 0.29) is 0 Å². The molecule has 1 N–H and O–H groups in total. The summed E-state index contributed by atoms with van der Waals surface area (Å²) in [6.45, 7) is 5.67. The molecule has 1 amide bonds. The topological polar surface area (TPSA) is 66.8 Å². The van der Waals surface area contributed by atoms with E-state index in [1.807, 2.05) is 0 Å². The molecule has 1 aromatic carbocycles. The van der Waals surface area contributed by atoms with E-state index in [4.69, 9.17) is 4.74 Å². The van der Waals surface area contributed by atoms with Crippen molar-refractivity contribution in [2.75, 3.05) is 6.54 Å².